The number of hydrogen-bond acceptors (Lipinski definition) is 2. The molecule has 1 aliphatic heterocycles. The molecule has 0 aromatic rings. The predicted molar refractivity (Wildman–Crippen MR) is 50.7 cm³/mol. The molecule has 1 fully saturated rings. The lowest BCUT2D eigenvalue weighted by Gasteiger charge is -2.33. The second-order valence-corrected chi connectivity index (χ2v) is 4.65. The average molecular weight is 173 g/mol. The quantitative estimate of drug-likeness (QED) is 0.557. The van der Waals surface area contributed by atoms with E-state index in [9.17, 15) is 0 Å². The van der Waals surface area contributed by atoms with E-state index in [1.165, 1.54) is 5.03 Å². The van der Waals surface area contributed by atoms with Crippen LogP contribution in [0.1, 0.15) is 13.8 Å². The molecule has 1 aliphatic rings. The Morgan fingerprint density at radius 3 is 2.36 bits per heavy atom. The smallest absolute Gasteiger partial charge is 0.180 e. The van der Waals surface area contributed by atoms with Crippen molar-refractivity contribution in [3.63, 3.8) is 0 Å². The predicted octanol–water partition coefficient (Wildman–Crippen LogP) is 1.86. The van der Waals surface area contributed by atoms with E-state index in [1.54, 1.807) is 0 Å². The molecule has 3 heteroatoms. The number of hydrogen-bond donors (Lipinski definition) is 0. The Labute approximate surface area is 73.4 Å². The number of rotatable bonds is 1. The molecule has 1 unspecified atom stereocenters. The van der Waals surface area contributed by atoms with Crippen LogP contribution in [0.3, 0.4) is 0 Å². The van der Waals surface area contributed by atoms with E-state index in [0.717, 1.165) is 11.1 Å². The van der Waals surface area contributed by atoms with Crippen LogP contribution in [0.5, 0.6) is 0 Å². The van der Waals surface area contributed by atoms with Crippen molar-refractivity contribution in [1.82, 2.24) is 5.01 Å². The molecule has 0 aromatic heterocycles. The molecular formula is C8H17N2S+. The normalized spacial score (nSPS) is 31.3. The van der Waals surface area contributed by atoms with Gasteiger partial charge in [0, 0.05) is 6.54 Å². The van der Waals surface area contributed by atoms with Crippen LogP contribution >= 0.6 is 11.8 Å². The Morgan fingerprint density at radius 2 is 2.18 bits per heavy atom. The van der Waals surface area contributed by atoms with Crippen molar-refractivity contribution >= 4 is 11.8 Å². The highest BCUT2D eigenvalue weighted by Gasteiger charge is 2.41. The summed E-state index contributed by atoms with van der Waals surface area (Å²) in [4.78, 5) is 0. The second kappa shape index (κ2) is 2.81. The average Bonchev–Trinajstić information content (AvgIpc) is 2.04. The molecule has 0 saturated carbocycles. The first-order valence-corrected chi connectivity index (χ1v) is 4.85. The summed E-state index contributed by atoms with van der Waals surface area (Å²) < 4.78 is 0.836. The van der Waals surface area contributed by atoms with Gasteiger partial charge in [0.15, 0.2) is 5.03 Å². The number of quaternary nitrogens is 1. The molecule has 1 saturated heterocycles. The molecule has 0 bridgehead atoms. The molecule has 0 aliphatic carbocycles. The minimum Gasteiger partial charge on any atom is -0.210 e. The van der Waals surface area contributed by atoms with Crippen LogP contribution in [-0.2, 0) is 0 Å². The molecule has 11 heavy (non-hydrogen) atoms. The fourth-order valence-corrected chi connectivity index (χ4v) is 2.81. The van der Waals surface area contributed by atoms with Gasteiger partial charge < -0.3 is 0 Å². The Balaban J connectivity index is 2.84. The van der Waals surface area contributed by atoms with Gasteiger partial charge in [0.25, 0.3) is 0 Å². The largest absolute Gasteiger partial charge is 0.210 e. The van der Waals surface area contributed by atoms with Gasteiger partial charge in [-0.1, -0.05) is 0 Å². The minimum atomic E-state index is 0.572. The summed E-state index contributed by atoms with van der Waals surface area (Å²) in [6.45, 7) is 9.55. The molecule has 0 amide bonds. The zero-order valence-corrected chi connectivity index (χ0v) is 8.61. The summed E-state index contributed by atoms with van der Waals surface area (Å²) in [6.07, 6.45) is 0. The van der Waals surface area contributed by atoms with Gasteiger partial charge in [-0.05, 0) is 32.2 Å². The summed E-state index contributed by atoms with van der Waals surface area (Å²) in [6, 6.07) is 0. The molecule has 1 atom stereocenters. The first kappa shape index (κ1) is 9.10. The van der Waals surface area contributed by atoms with E-state index in [0.29, 0.717) is 5.37 Å². The molecule has 2 nitrogen and oxygen atoms in total. The van der Waals surface area contributed by atoms with Crippen molar-refractivity contribution in [1.29, 1.82) is 0 Å². The standard InChI is InChI=1S/C8H17N2S/c1-6-9-7(2)11-8(3)10(9,4)5/h7H,3,6H2,1-2,4-5H3/q+1. The third-order valence-corrected chi connectivity index (χ3v) is 3.61. The van der Waals surface area contributed by atoms with Gasteiger partial charge in [-0.15, -0.1) is 5.01 Å². The van der Waals surface area contributed by atoms with Crippen LogP contribution in [0.4, 0.5) is 0 Å². The highest BCUT2D eigenvalue weighted by Crippen LogP contribution is 2.39. The fraction of sp³-hybridized carbons (Fsp3) is 0.750. The third kappa shape index (κ3) is 1.33. The number of thioether (sulfide) groups is 1. The number of nitrogens with zero attached hydrogens (tertiary/aromatic N) is 2. The van der Waals surface area contributed by atoms with E-state index < -0.39 is 0 Å². The Bertz CT molecular complexity index is 177. The molecule has 64 valence electrons. The zero-order valence-electron chi connectivity index (χ0n) is 7.79. The molecule has 0 radical (unpaired) electrons. The summed E-state index contributed by atoms with van der Waals surface area (Å²) in [5.74, 6) is 0. The first-order valence-electron chi connectivity index (χ1n) is 3.97. The van der Waals surface area contributed by atoms with Gasteiger partial charge in [0.2, 0.25) is 0 Å². The lowest BCUT2D eigenvalue weighted by atomic mass is 10.6. The van der Waals surface area contributed by atoms with Crippen molar-refractivity contribution in [3.8, 4) is 0 Å². The maximum atomic E-state index is 4.05. The van der Waals surface area contributed by atoms with Crippen molar-refractivity contribution in [2.24, 2.45) is 0 Å². The van der Waals surface area contributed by atoms with E-state index >= 15 is 0 Å². The van der Waals surface area contributed by atoms with Crippen LogP contribution in [0.2, 0.25) is 0 Å². The fourth-order valence-electron chi connectivity index (χ4n) is 1.55. The Morgan fingerprint density at radius 1 is 1.64 bits per heavy atom. The maximum absolute atomic E-state index is 4.05. The Kier molecular flexibility index (Phi) is 2.32. The molecular weight excluding hydrogens is 156 g/mol. The van der Waals surface area contributed by atoms with Gasteiger partial charge in [-0.2, -0.15) is 0 Å². The van der Waals surface area contributed by atoms with Crippen molar-refractivity contribution < 1.29 is 4.59 Å². The van der Waals surface area contributed by atoms with Gasteiger partial charge in [-0.25, -0.2) is 4.59 Å². The van der Waals surface area contributed by atoms with Crippen molar-refractivity contribution in [2.75, 3.05) is 20.6 Å². The monoisotopic (exact) mass is 173 g/mol. The summed E-state index contributed by atoms with van der Waals surface area (Å²) in [5, 5.41) is 4.22. The molecule has 1 heterocycles. The maximum Gasteiger partial charge on any atom is 0.180 e. The van der Waals surface area contributed by atoms with Crippen LogP contribution in [0, 0.1) is 0 Å². The topological polar surface area (TPSA) is 3.24 Å². The van der Waals surface area contributed by atoms with E-state index in [-0.39, 0.29) is 0 Å². The third-order valence-electron chi connectivity index (χ3n) is 2.30. The summed E-state index contributed by atoms with van der Waals surface area (Å²) in [7, 11) is 4.37. The molecule has 1 rings (SSSR count). The second-order valence-electron chi connectivity index (χ2n) is 3.26. The van der Waals surface area contributed by atoms with Gasteiger partial charge in [0.05, 0.1) is 14.1 Å². The highest BCUT2D eigenvalue weighted by molar-refractivity contribution is 8.03. The van der Waals surface area contributed by atoms with Crippen LogP contribution in [0.15, 0.2) is 11.6 Å². The van der Waals surface area contributed by atoms with Crippen LogP contribution in [0.25, 0.3) is 0 Å². The van der Waals surface area contributed by atoms with Gasteiger partial charge in [0.1, 0.15) is 5.37 Å². The van der Waals surface area contributed by atoms with Crippen LogP contribution in [-0.4, -0.2) is 35.6 Å². The Hall–Kier alpha value is 0.01000. The van der Waals surface area contributed by atoms with Gasteiger partial charge >= 0.3 is 0 Å². The first-order chi connectivity index (χ1) is 5.00. The molecule has 0 aromatic carbocycles. The highest BCUT2D eigenvalue weighted by atomic mass is 32.2. The van der Waals surface area contributed by atoms with Crippen molar-refractivity contribution in [2.45, 2.75) is 19.2 Å². The summed E-state index contributed by atoms with van der Waals surface area (Å²) in [5.41, 5.74) is 0. The zero-order chi connectivity index (χ0) is 8.65. The molecule has 0 N–H and O–H groups in total. The molecule has 0 spiro atoms. The lowest BCUT2D eigenvalue weighted by molar-refractivity contribution is -0.960. The van der Waals surface area contributed by atoms with Crippen LogP contribution < -0.4 is 0 Å². The van der Waals surface area contributed by atoms with E-state index in [2.05, 4.69) is 39.5 Å². The SMILES string of the molecule is C=C1SC(C)N(CC)[N+]1(C)C. The lowest BCUT2D eigenvalue weighted by Crippen LogP contribution is -2.50. The van der Waals surface area contributed by atoms with Crippen molar-refractivity contribution in [3.05, 3.63) is 11.6 Å². The van der Waals surface area contributed by atoms with E-state index in [1.807, 2.05) is 11.8 Å². The van der Waals surface area contributed by atoms with Gasteiger partial charge in [-0.3, -0.25) is 0 Å². The van der Waals surface area contributed by atoms with E-state index in [4.69, 9.17) is 0 Å². The summed E-state index contributed by atoms with van der Waals surface area (Å²) >= 11 is 1.86. The minimum absolute atomic E-state index is 0.572.